The van der Waals surface area contributed by atoms with E-state index in [-0.39, 0.29) is 24.8 Å². The van der Waals surface area contributed by atoms with E-state index in [0.717, 1.165) is 11.1 Å². The molecular weight excluding hydrogens is 358 g/mol. The normalized spacial score (nSPS) is 10.5. The van der Waals surface area contributed by atoms with Gasteiger partial charge in [-0.1, -0.05) is 42.2 Å². The fourth-order valence-electron chi connectivity index (χ4n) is 2.20. The number of hydrogen-bond donors (Lipinski definition) is 2. The molecule has 2 aromatic rings. The van der Waals surface area contributed by atoms with Crippen LogP contribution >= 0.6 is 0 Å². The number of carboxylic acid groups (broad SMARTS) is 1. The molecule has 0 spiro atoms. The van der Waals surface area contributed by atoms with Gasteiger partial charge in [-0.2, -0.15) is 0 Å². The molecule has 28 heavy (non-hydrogen) atoms. The summed E-state index contributed by atoms with van der Waals surface area (Å²) in [6, 6.07) is 16.0. The number of methoxy groups -OCH3 is 1. The molecular formula is C22H21NO5. The highest BCUT2D eigenvalue weighted by Crippen LogP contribution is 2.07. The van der Waals surface area contributed by atoms with Gasteiger partial charge in [0.2, 0.25) is 5.76 Å². The summed E-state index contributed by atoms with van der Waals surface area (Å²) in [5.41, 5.74) is 2.08. The van der Waals surface area contributed by atoms with Crippen molar-refractivity contribution in [3.05, 3.63) is 83.1 Å². The van der Waals surface area contributed by atoms with E-state index >= 15 is 0 Å². The summed E-state index contributed by atoms with van der Waals surface area (Å²) in [4.78, 5) is 23.4. The SMILES string of the molecule is COCC#Cc1ccc(C(=O)NCC=C(OCc2ccccc2)C(=O)O)cc1. The van der Waals surface area contributed by atoms with E-state index in [4.69, 9.17) is 9.47 Å². The molecule has 144 valence electrons. The van der Waals surface area contributed by atoms with Gasteiger partial charge >= 0.3 is 5.97 Å². The first-order chi connectivity index (χ1) is 13.6. The van der Waals surface area contributed by atoms with Crippen LogP contribution in [0.2, 0.25) is 0 Å². The fourth-order valence-corrected chi connectivity index (χ4v) is 2.20. The lowest BCUT2D eigenvalue weighted by Gasteiger charge is -2.08. The van der Waals surface area contributed by atoms with Gasteiger partial charge in [0.25, 0.3) is 5.91 Å². The summed E-state index contributed by atoms with van der Waals surface area (Å²) in [7, 11) is 1.57. The zero-order valence-electron chi connectivity index (χ0n) is 15.5. The summed E-state index contributed by atoms with van der Waals surface area (Å²) >= 11 is 0. The first-order valence-electron chi connectivity index (χ1n) is 8.56. The molecule has 0 atom stereocenters. The zero-order valence-corrected chi connectivity index (χ0v) is 15.5. The lowest BCUT2D eigenvalue weighted by molar-refractivity contribution is -0.136. The molecule has 0 saturated heterocycles. The number of carboxylic acids is 1. The molecule has 0 bridgehead atoms. The summed E-state index contributed by atoms with van der Waals surface area (Å²) in [6.07, 6.45) is 1.33. The topological polar surface area (TPSA) is 84.9 Å². The molecule has 0 heterocycles. The van der Waals surface area contributed by atoms with Crippen LogP contribution < -0.4 is 5.32 Å². The van der Waals surface area contributed by atoms with Crippen LogP contribution in [0.5, 0.6) is 0 Å². The van der Waals surface area contributed by atoms with E-state index in [2.05, 4.69) is 17.2 Å². The van der Waals surface area contributed by atoms with Gasteiger partial charge < -0.3 is 19.9 Å². The predicted molar refractivity (Wildman–Crippen MR) is 104 cm³/mol. The highest BCUT2D eigenvalue weighted by atomic mass is 16.5. The maximum Gasteiger partial charge on any atom is 0.370 e. The Balaban J connectivity index is 1.89. The van der Waals surface area contributed by atoms with Crippen LogP contribution in [0.15, 0.2) is 66.4 Å². The lowest BCUT2D eigenvalue weighted by Crippen LogP contribution is -2.24. The van der Waals surface area contributed by atoms with Crippen molar-refractivity contribution >= 4 is 11.9 Å². The van der Waals surface area contributed by atoms with E-state index in [1.807, 2.05) is 30.3 Å². The highest BCUT2D eigenvalue weighted by molar-refractivity contribution is 5.94. The molecule has 0 radical (unpaired) electrons. The summed E-state index contributed by atoms with van der Waals surface area (Å²) in [6.45, 7) is 0.510. The van der Waals surface area contributed by atoms with Crippen molar-refractivity contribution in [1.29, 1.82) is 0 Å². The van der Waals surface area contributed by atoms with E-state index in [1.54, 1.807) is 31.4 Å². The van der Waals surface area contributed by atoms with Crippen molar-refractivity contribution in [2.75, 3.05) is 20.3 Å². The van der Waals surface area contributed by atoms with Crippen LogP contribution in [-0.2, 0) is 20.9 Å². The predicted octanol–water partition coefficient (Wildman–Crippen LogP) is 2.60. The standard InChI is InChI=1S/C22H21NO5/c1-27-15-5-8-17-9-11-19(12-10-17)21(24)23-14-13-20(22(25)26)28-16-18-6-3-2-4-7-18/h2-4,6-7,9-13H,14-16H2,1H3,(H,23,24)(H,25,26). The minimum absolute atomic E-state index is 0.0324. The Morgan fingerprint density at radius 3 is 2.46 bits per heavy atom. The number of aliphatic carboxylic acids is 1. The Bertz CT molecular complexity index is 877. The second-order valence-corrected chi connectivity index (χ2v) is 5.67. The largest absolute Gasteiger partial charge is 0.482 e. The molecule has 6 heteroatoms. The van der Waals surface area contributed by atoms with Crippen molar-refractivity contribution < 1.29 is 24.2 Å². The monoisotopic (exact) mass is 379 g/mol. The summed E-state index contributed by atoms with van der Waals surface area (Å²) in [5.74, 6) is 4.02. The van der Waals surface area contributed by atoms with Crippen molar-refractivity contribution in [2.45, 2.75) is 6.61 Å². The smallest absolute Gasteiger partial charge is 0.370 e. The molecule has 0 aromatic heterocycles. The second-order valence-electron chi connectivity index (χ2n) is 5.67. The van der Waals surface area contributed by atoms with E-state index < -0.39 is 5.97 Å². The molecule has 1 amide bonds. The van der Waals surface area contributed by atoms with Crippen molar-refractivity contribution in [3.63, 3.8) is 0 Å². The lowest BCUT2D eigenvalue weighted by atomic mass is 10.1. The number of carbonyl (C=O) groups excluding carboxylic acids is 1. The Morgan fingerprint density at radius 2 is 1.82 bits per heavy atom. The number of nitrogens with one attached hydrogen (secondary N) is 1. The Morgan fingerprint density at radius 1 is 1.11 bits per heavy atom. The average Bonchev–Trinajstić information content (AvgIpc) is 2.71. The Labute approximate surface area is 163 Å². The number of ether oxygens (including phenoxy) is 2. The molecule has 0 aliphatic heterocycles. The quantitative estimate of drug-likeness (QED) is 0.418. The van der Waals surface area contributed by atoms with E-state index in [0.29, 0.717) is 12.2 Å². The minimum atomic E-state index is -1.19. The van der Waals surface area contributed by atoms with Crippen molar-refractivity contribution in [3.8, 4) is 11.8 Å². The molecule has 0 saturated carbocycles. The van der Waals surface area contributed by atoms with Gasteiger partial charge in [-0.3, -0.25) is 4.79 Å². The number of hydrogen-bond acceptors (Lipinski definition) is 4. The molecule has 0 unspecified atom stereocenters. The minimum Gasteiger partial charge on any atom is -0.482 e. The first kappa shape index (κ1) is 20.7. The first-order valence-corrected chi connectivity index (χ1v) is 8.56. The van der Waals surface area contributed by atoms with Gasteiger partial charge in [0.1, 0.15) is 13.2 Å². The van der Waals surface area contributed by atoms with Gasteiger partial charge in [0.05, 0.1) is 0 Å². The van der Waals surface area contributed by atoms with Crippen molar-refractivity contribution in [2.24, 2.45) is 0 Å². The Kier molecular flexibility index (Phi) is 8.31. The van der Waals surface area contributed by atoms with Crippen LogP contribution in [0.1, 0.15) is 21.5 Å². The van der Waals surface area contributed by atoms with Gasteiger partial charge in [-0.25, -0.2) is 4.79 Å². The number of carbonyl (C=O) groups is 2. The number of amides is 1. The third-order valence-electron chi connectivity index (χ3n) is 3.59. The summed E-state index contributed by atoms with van der Waals surface area (Å²) in [5, 5.41) is 11.9. The number of rotatable bonds is 8. The third-order valence-corrected chi connectivity index (χ3v) is 3.59. The van der Waals surface area contributed by atoms with Crippen LogP contribution in [0.3, 0.4) is 0 Å². The molecule has 0 aliphatic carbocycles. The van der Waals surface area contributed by atoms with Gasteiger partial charge in [-0.05, 0) is 35.9 Å². The van der Waals surface area contributed by atoms with Gasteiger partial charge in [0.15, 0.2) is 0 Å². The van der Waals surface area contributed by atoms with Crippen LogP contribution in [-0.4, -0.2) is 37.2 Å². The molecule has 0 aliphatic rings. The van der Waals surface area contributed by atoms with Crippen molar-refractivity contribution in [1.82, 2.24) is 5.32 Å². The molecule has 2 rings (SSSR count). The van der Waals surface area contributed by atoms with Crippen LogP contribution in [0.25, 0.3) is 0 Å². The Hall–Kier alpha value is -3.56. The fraction of sp³-hybridized carbons (Fsp3) is 0.182. The molecule has 2 aromatic carbocycles. The van der Waals surface area contributed by atoms with E-state index in [1.165, 1.54) is 6.08 Å². The van der Waals surface area contributed by atoms with E-state index in [9.17, 15) is 14.7 Å². The van der Waals surface area contributed by atoms with Gasteiger partial charge in [0, 0.05) is 24.8 Å². The second kappa shape index (κ2) is 11.2. The zero-order chi connectivity index (χ0) is 20.2. The van der Waals surface area contributed by atoms with Gasteiger partial charge in [-0.15, -0.1) is 0 Å². The third kappa shape index (κ3) is 6.98. The van der Waals surface area contributed by atoms with Crippen LogP contribution in [0.4, 0.5) is 0 Å². The van der Waals surface area contributed by atoms with Crippen LogP contribution in [0, 0.1) is 11.8 Å². The molecule has 2 N–H and O–H groups in total. The maximum absolute atomic E-state index is 12.2. The molecule has 6 nitrogen and oxygen atoms in total. The number of benzene rings is 2. The average molecular weight is 379 g/mol. The highest BCUT2D eigenvalue weighted by Gasteiger charge is 2.10. The maximum atomic E-state index is 12.2. The summed E-state index contributed by atoms with van der Waals surface area (Å²) < 4.78 is 10.2. The molecule has 0 fully saturated rings.